The molecule has 0 fully saturated rings. The summed E-state index contributed by atoms with van der Waals surface area (Å²) in [4.78, 5) is 16.1. The van der Waals surface area contributed by atoms with Crippen LogP contribution in [0.15, 0.2) is 60.7 Å². The summed E-state index contributed by atoms with van der Waals surface area (Å²) in [5, 5.41) is 7.18. The number of hydrogen-bond donors (Lipinski definition) is 2. The third kappa shape index (κ3) is 4.07. The van der Waals surface area contributed by atoms with E-state index in [1.54, 1.807) is 11.3 Å². The van der Waals surface area contributed by atoms with Gasteiger partial charge in [0.1, 0.15) is 0 Å². The van der Waals surface area contributed by atoms with Gasteiger partial charge in [0.2, 0.25) is 6.29 Å². The molecule has 24 heavy (non-hydrogen) atoms. The molecule has 4 nitrogen and oxygen atoms in total. The van der Waals surface area contributed by atoms with Crippen LogP contribution < -0.4 is 10.6 Å². The monoisotopic (exact) mass is 336 g/mol. The molecule has 0 unspecified atom stereocenters. The second-order valence-electron chi connectivity index (χ2n) is 5.18. The zero-order valence-electron chi connectivity index (χ0n) is 13.2. The molecular formula is C19H18N3OS. The molecule has 0 aliphatic rings. The van der Waals surface area contributed by atoms with E-state index in [0.717, 1.165) is 26.8 Å². The summed E-state index contributed by atoms with van der Waals surface area (Å²) in [5.74, 6) is 0. The Hall–Kier alpha value is -2.50. The van der Waals surface area contributed by atoms with Crippen LogP contribution in [0.2, 0.25) is 0 Å². The standard InChI is InChI=1S/C19H18N3OS/c23-14-13-20-11-12-21-19-22-17(15-7-3-1-4-8-15)18(24-19)16-9-5-2-6-10-16/h1-10,20H,11-13H2,(H,21,22). The molecule has 1 radical (unpaired) electrons. The highest BCUT2D eigenvalue weighted by Gasteiger charge is 2.14. The fourth-order valence-electron chi connectivity index (χ4n) is 2.37. The third-order valence-corrected chi connectivity index (χ3v) is 4.55. The Morgan fingerprint density at radius 3 is 2.25 bits per heavy atom. The minimum atomic E-state index is 0.254. The predicted octanol–water partition coefficient (Wildman–Crippen LogP) is 3.59. The van der Waals surface area contributed by atoms with Gasteiger partial charge >= 0.3 is 0 Å². The maximum atomic E-state index is 10.2. The van der Waals surface area contributed by atoms with Gasteiger partial charge in [0.15, 0.2) is 5.13 Å². The number of rotatable bonds is 8. The van der Waals surface area contributed by atoms with Crippen molar-refractivity contribution in [3.8, 4) is 21.7 Å². The molecule has 0 atom stereocenters. The molecule has 3 aromatic rings. The zero-order valence-corrected chi connectivity index (χ0v) is 14.0. The Kier molecular flexibility index (Phi) is 5.71. The lowest BCUT2D eigenvalue weighted by atomic mass is 10.1. The summed E-state index contributed by atoms with van der Waals surface area (Å²) in [6.45, 7) is 1.65. The first-order chi connectivity index (χ1) is 11.9. The molecule has 3 rings (SSSR count). The molecule has 0 saturated heterocycles. The van der Waals surface area contributed by atoms with Crippen molar-refractivity contribution in [2.45, 2.75) is 0 Å². The molecule has 0 spiro atoms. The van der Waals surface area contributed by atoms with E-state index in [4.69, 9.17) is 4.98 Å². The first-order valence-electron chi connectivity index (χ1n) is 7.80. The maximum absolute atomic E-state index is 10.2. The van der Waals surface area contributed by atoms with Crippen molar-refractivity contribution >= 4 is 22.8 Å². The first-order valence-corrected chi connectivity index (χ1v) is 8.61. The molecule has 0 aliphatic heterocycles. The quantitative estimate of drug-likeness (QED) is 0.617. The van der Waals surface area contributed by atoms with Gasteiger partial charge in [-0.15, -0.1) is 0 Å². The van der Waals surface area contributed by atoms with Crippen molar-refractivity contribution in [1.29, 1.82) is 0 Å². The van der Waals surface area contributed by atoms with E-state index in [-0.39, 0.29) is 6.54 Å². The predicted molar refractivity (Wildman–Crippen MR) is 100 cm³/mol. The van der Waals surface area contributed by atoms with Crippen LogP contribution >= 0.6 is 11.3 Å². The summed E-state index contributed by atoms with van der Waals surface area (Å²) in [6, 6.07) is 20.5. The van der Waals surface area contributed by atoms with Gasteiger partial charge in [-0.05, 0) is 5.56 Å². The Bertz CT molecular complexity index is 715. The lowest BCUT2D eigenvalue weighted by Gasteiger charge is -2.02. The van der Waals surface area contributed by atoms with Gasteiger partial charge in [-0.2, -0.15) is 0 Å². The molecule has 2 N–H and O–H groups in total. The SMILES string of the molecule is O=[C]CNCCNc1nc(-c2ccccc2)c(-c2ccccc2)s1. The molecule has 0 saturated carbocycles. The largest absolute Gasteiger partial charge is 0.360 e. The average Bonchev–Trinajstić information content (AvgIpc) is 3.07. The Labute approximate surface area is 145 Å². The van der Waals surface area contributed by atoms with Gasteiger partial charge < -0.3 is 10.6 Å². The van der Waals surface area contributed by atoms with E-state index in [2.05, 4.69) is 34.9 Å². The second-order valence-corrected chi connectivity index (χ2v) is 6.18. The number of nitrogens with one attached hydrogen (secondary N) is 2. The van der Waals surface area contributed by atoms with E-state index >= 15 is 0 Å². The van der Waals surface area contributed by atoms with Gasteiger partial charge in [-0.3, -0.25) is 4.79 Å². The first kappa shape index (κ1) is 16.4. The molecule has 0 bridgehead atoms. The van der Waals surface area contributed by atoms with E-state index in [0.29, 0.717) is 13.1 Å². The summed E-state index contributed by atoms with van der Waals surface area (Å²) in [7, 11) is 0. The Balaban J connectivity index is 1.84. The molecule has 121 valence electrons. The summed E-state index contributed by atoms with van der Waals surface area (Å²) >= 11 is 1.64. The van der Waals surface area contributed by atoms with E-state index in [9.17, 15) is 4.79 Å². The zero-order chi connectivity index (χ0) is 16.6. The van der Waals surface area contributed by atoms with Crippen molar-refractivity contribution in [2.24, 2.45) is 0 Å². The van der Waals surface area contributed by atoms with Gasteiger partial charge in [0, 0.05) is 18.7 Å². The lowest BCUT2D eigenvalue weighted by molar-refractivity contribution is 0.549. The fraction of sp³-hybridized carbons (Fsp3) is 0.158. The minimum absolute atomic E-state index is 0.254. The van der Waals surface area contributed by atoms with Crippen LogP contribution in [0.5, 0.6) is 0 Å². The highest BCUT2D eigenvalue weighted by Crippen LogP contribution is 2.38. The maximum Gasteiger partial charge on any atom is 0.213 e. The number of aromatic nitrogens is 1. The molecule has 0 aliphatic carbocycles. The molecular weight excluding hydrogens is 318 g/mol. The van der Waals surface area contributed by atoms with Crippen molar-refractivity contribution in [2.75, 3.05) is 25.0 Å². The van der Waals surface area contributed by atoms with Crippen molar-refractivity contribution in [1.82, 2.24) is 10.3 Å². The van der Waals surface area contributed by atoms with Crippen molar-refractivity contribution < 1.29 is 4.79 Å². The van der Waals surface area contributed by atoms with Gasteiger partial charge in [-0.1, -0.05) is 72.0 Å². The summed E-state index contributed by atoms with van der Waals surface area (Å²) in [6.07, 6.45) is 1.82. The van der Waals surface area contributed by atoms with Crippen LogP contribution in [-0.2, 0) is 4.79 Å². The smallest absolute Gasteiger partial charge is 0.213 e. The van der Waals surface area contributed by atoms with Gasteiger partial charge in [0.25, 0.3) is 0 Å². The topological polar surface area (TPSA) is 54.0 Å². The highest BCUT2D eigenvalue weighted by molar-refractivity contribution is 7.19. The third-order valence-electron chi connectivity index (χ3n) is 3.49. The molecule has 0 amide bonds. The second kappa shape index (κ2) is 8.38. The summed E-state index contributed by atoms with van der Waals surface area (Å²) < 4.78 is 0. The Morgan fingerprint density at radius 2 is 1.58 bits per heavy atom. The molecule has 2 aromatic carbocycles. The van der Waals surface area contributed by atoms with E-state index in [1.165, 1.54) is 0 Å². The van der Waals surface area contributed by atoms with Crippen LogP contribution in [0.3, 0.4) is 0 Å². The number of thiazole rings is 1. The number of anilines is 1. The van der Waals surface area contributed by atoms with Crippen molar-refractivity contribution in [3.05, 3.63) is 60.7 Å². The van der Waals surface area contributed by atoms with Crippen LogP contribution in [0, 0.1) is 0 Å². The van der Waals surface area contributed by atoms with Crippen molar-refractivity contribution in [3.63, 3.8) is 0 Å². The summed E-state index contributed by atoms with van der Waals surface area (Å²) in [5.41, 5.74) is 3.26. The molecule has 1 aromatic heterocycles. The number of hydrogen-bond acceptors (Lipinski definition) is 5. The average molecular weight is 336 g/mol. The Morgan fingerprint density at radius 1 is 0.917 bits per heavy atom. The van der Waals surface area contributed by atoms with Crippen LogP contribution in [0.25, 0.3) is 21.7 Å². The number of nitrogens with zero attached hydrogens (tertiary/aromatic N) is 1. The fourth-order valence-corrected chi connectivity index (χ4v) is 3.39. The van der Waals surface area contributed by atoms with Gasteiger partial charge in [-0.25, -0.2) is 4.98 Å². The molecule has 5 heteroatoms. The van der Waals surface area contributed by atoms with Crippen LogP contribution in [-0.4, -0.2) is 30.9 Å². The highest BCUT2D eigenvalue weighted by atomic mass is 32.1. The van der Waals surface area contributed by atoms with E-state index < -0.39 is 0 Å². The van der Waals surface area contributed by atoms with Crippen LogP contribution in [0.1, 0.15) is 0 Å². The number of benzene rings is 2. The minimum Gasteiger partial charge on any atom is -0.360 e. The van der Waals surface area contributed by atoms with Gasteiger partial charge in [0.05, 0.1) is 17.1 Å². The van der Waals surface area contributed by atoms with E-state index in [1.807, 2.05) is 42.7 Å². The normalized spacial score (nSPS) is 10.5. The van der Waals surface area contributed by atoms with Crippen LogP contribution in [0.4, 0.5) is 5.13 Å². The molecule has 1 heterocycles. The number of carbonyl (C=O) groups excluding carboxylic acids is 1. The lowest BCUT2D eigenvalue weighted by Crippen LogP contribution is -2.23.